The first-order chi connectivity index (χ1) is 12.4. The Morgan fingerprint density at radius 3 is 2.65 bits per heavy atom. The number of nitrogens with one attached hydrogen (secondary N) is 2. The fourth-order valence-corrected chi connectivity index (χ4v) is 4.01. The number of rotatable bonds is 4. The molecule has 1 unspecified atom stereocenters. The maximum atomic E-state index is 6.35. The minimum atomic E-state index is -0.0914. The van der Waals surface area contributed by atoms with Gasteiger partial charge in [-0.2, -0.15) is 0 Å². The summed E-state index contributed by atoms with van der Waals surface area (Å²) in [5.41, 5.74) is 5.55. The highest BCUT2D eigenvalue weighted by atomic mass is 35.5. The molecule has 0 fully saturated rings. The molecule has 0 bridgehead atoms. The molecule has 0 spiro atoms. The van der Waals surface area contributed by atoms with Gasteiger partial charge in [0.05, 0.1) is 0 Å². The van der Waals surface area contributed by atoms with Gasteiger partial charge in [0, 0.05) is 33.4 Å². The van der Waals surface area contributed by atoms with E-state index in [1.54, 1.807) is 0 Å². The molecule has 3 nitrogen and oxygen atoms in total. The molecule has 26 heavy (non-hydrogen) atoms. The number of benzene rings is 1. The molecule has 138 valence electrons. The number of hydrogen-bond acceptors (Lipinski definition) is 3. The summed E-state index contributed by atoms with van der Waals surface area (Å²) in [5.74, 6) is 0.925. The minimum absolute atomic E-state index is 0.0914. The predicted octanol–water partition coefficient (Wildman–Crippen LogP) is 5.76. The Labute approximate surface area is 165 Å². The summed E-state index contributed by atoms with van der Waals surface area (Å²) in [6.45, 7) is 8.23. The molecule has 2 N–H and O–H groups in total. The lowest BCUT2D eigenvalue weighted by atomic mass is 9.93. The first-order valence-electron chi connectivity index (χ1n) is 9.04. The Morgan fingerprint density at radius 1 is 1.27 bits per heavy atom. The second-order valence-corrected chi connectivity index (χ2v) is 7.89. The van der Waals surface area contributed by atoms with E-state index in [1.807, 2.05) is 24.3 Å². The molecule has 1 aliphatic heterocycles. The summed E-state index contributed by atoms with van der Waals surface area (Å²) in [4.78, 5) is 4.92. The van der Waals surface area contributed by atoms with Crippen LogP contribution in [0.25, 0.3) is 0 Å². The molecular weight excluding hydrogens is 365 g/mol. The Morgan fingerprint density at radius 2 is 1.96 bits per heavy atom. The number of allylic oxidation sites excluding steroid dienone is 3. The largest absolute Gasteiger partial charge is 0.366 e. The lowest BCUT2D eigenvalue weighted by Crippen LogP contribution is -2.41. The molecule has 2 aliphatic rings. The fourth-order valence-electron chi connectivity index (χ4n) is 3.45. The maximum absolute atomic E-state index is 6.35. The van der Waals surface area contributed by atoms with Gasteiger partial charge in [-0.1, -0.05) is 41.4 Å². The molecule has 0 aromatic heterocycles. The van der Waals surface area contributed by atoms with Gasteiger partial charge in [0.2, 0.25) is 0 Å². The molecule has 1 heterocycles. The third-order valence-corrected chi connectivity index (χ3v) is 5.29. The Hall–Kier alpha value is -1.71. The van der Waals surface area contributed by atoms with E-state index in [1.165, 1.54) is 29.7 Å². The Balaban J connectivity index is 1.87. The zero-order valence-electron chi connectivity index (χ0n) is 15.3. The highest BCUT2D eigenvalue weighted by molar-refractivity contribution is 6.36. The van der Waals surface area contributed by atoms with Crippen molar-refractivity contribution < 1.29 is 0 Å². The van der Waals surface area contributed by atoms with Gasteiger partial charge in [0.15, 0.2) is 0 Å². The van der Waals surface area contributed by atoms with Crippen LogP contribution in [-0.4, -0.2) is 12.0 Å². The van der Waals surface area contributed by atoms with Gasteiger partial charge in [-0.3, -0.25) is 0 Å². The van der Waals surface area contributed by atoms with Gasteiger partial charge in [-0.15, -0.1) is 0 Å². The third-order valence-electron chi connectivity index (χ3n) is 4.58. The molecule has 0 amide bonds. The van der Waals surface area contributed by atoms with E-state index >= 15 is 0 Å². The molecular formula is C21H25Cl2N3. The number of aliphatic imine (C=N–C) groups is 1. The zero-order chi connectivity index (χ0) is 18.7. The SMILES string of the molecule is C=C(C=C(C)C)NC1=NC(Cc2c(Cl)cccc2Cl)NC2=C1CCCC2. The van der Waals surface area contributed by atoms with E-state index in [4.69, 9.17) is 28.2 Å². The topological polar surface area (TPSA) is 36.4 Å². The normalized spacial score (nSPS) is 19.2. The number of nitrogens with zero attached hydrogens (tertiary/aromatic N) is 1. The van der Waals surface area contributed by atoms with Crippen molar-refractivity contribution >= 4 is 29.0 Å². The summed E-state index contributed by atoms with van der Waals surface area (Å²) in [7, 11) is 0. The van der Waals surface area contributed by atoms with Crippen LogP contribution in [0.2, 0.25) is 10.0 Å². The standard InChI is InChI=1S/C21H25Cl2N3/c1-13(2)11-14(3)24-21-15-7-4-5-10-19(15)25-20(26-21)12-16-17(22)8-6-9-18(16)23/h6,8-9,11,20,25H,3-5,7,10,12H2,1-2H3,(H,24,26). The molecule has 0 saturated heterocycles. The summed E-state index contributed by atoms with van der Waals surface area (Å²) in [6.07, 6.45) is 7.08. The molecule has 1 aromatic carbocycles. The van der Waals surface area contributed by atoms with E-state index in [2.05, 4.69) is 31.1 Å². The molecule has 0 radical (unpaired) electrons. The summed E-state index contributed by atoms with van der Waals surface area (Å²) in [5, 5.41) is 8.37. The van der Waals surface area contributed by atoms with Gasteiger partial charge in [0.25, 0.3) is 0 Å². The van der Waals surface area contributed by atoms with E-state index in [-0.39, 0.29) is 6.17 Å². The van der Waals surface area contributed by atoms with Gasteiger partial charge in [0.1, 0.15) is 12.0 Å². The monoisotopic (exact) mass is 389 g/mol. The lowest BCUT2D eigenvalue weighted by Gasteiger charge is -2.32. The summed E-state index contributed by atoms with van der Waals surface area (Å²) < 4.78 is 0. The van der Waals surface area contributed by atoms with Crippen molar-refractivity contribution in [1.82, 2.24) is 10.6 Å². The van der Waals surface area contributed by atoms with E-state index in [9.17, 15) is 0 Å². The minimum Gasteiger partial charge on any atom is -0.366 e. The highest BCUT2D eigenvalue weighted by Gasteiger charge is 2.26. The van der Waals surface area contributed by atoms with E-state index < -0.39 is 0 Å². The van der Waals surface area contributed by atoms with Gasteiger partial charge in [-0.05, 0) is 63.3 Å². The van der Waals surface area contributed by atoms with Crippen molar-refractivity contribution in [2.24, 2.45) is 4.99 Å². The van der Waals surface area contributed by atoms with Crippen LogP contribution >= 0.6 is 23.2 Å². The quantitative estimate of drug-likeness (QED) is 0.641. The molecule has 5 heteroatoms. The molecule has 1 atom stereocenters. The first-order valence-corrected chi connectivity index (χ1v) is 9.80. The van der Waals surface area contributed by atoms with Crippen molar-refractivity contribution in [2.75, 3.05) is 0 Å². The third kappa shape index (κ3) is 4.52. The summed E-state index contributed by atoms with van der Waals surface area (Å²) >= 11 is 12.7. The number of hydrogen-bond donors (Lipinski definition) is 2. The van der Waals surface area contributed by atoms with Crippen molar-refractivity contribution in [3.63, 3.8) is 0 Å². The van der Waals surface area contributed by atoms with Crippen LogP contribution in [0.4, 0.5) is 0 Å². The number of halogens is 2. The molecule has 1 aromatic rings. The van der Waals surface area contributed by atoms with Crippen LogP contribution in [0.3, 0.4) is 0 Å². The Bertz CT molecular complexity index is 781. The smallest absolute Gasteiger partial charge is 0.132 e. The second-order valence-electron chi connectivity index (χ2n) is 7.08. The van der Waals surface area contributed by atoms with Crippen molar-refractivity contribution in [1.29, 1.82) is 0 Å². The molecule has 1 aliphatic carbocycles. The maximum Gasteiger partial charge on any atom is 0.132 e. The Kier molecular flexibility index (Phi) is 6.10. The summed E-state index contributed by atoms with van der Waals surface area (Å²) in [6, 6.07) is 5.61. The van der Waals surface area contributed by atoms with Gasteiger partial charge >= 0.3 is 0 Å². The lowest BCUT2D eigenvalue weighted by molar-refractivity contribution is 0.523. The fraction of sp³-hybridized carbons (Fsp3) is 0.381. The van der Waals surface area contributed by atoms with Crippen molar-refractivity contribution in [3.05, 3.63) is 69.0 Å². The van der Waals surface area contributed by atoms with Crippen LogP contribution < -0.4 is 10.6 Å². The average Bonchev–Trinajstić information content (AvgIpc) is 2.57. The van der Waals surface area contributed by atoms with Gasteiger partial charge < -0.3 is 10.6 Å². The predicted molar refractivity (Wildman–Crippen MR) is 112 cm³/mol. The van der Waals surface area contributed by atoms with Gasteiger partial charge in [-0.25, -0.2) is 4.99 Å². The van der Waals surface area contributed by atoms with Crippen LogP contribution in [0.5, 0.6) is 0 Å². The van der Waals surface area contributed by atoms with E-state index in [0.29, 0.717) is 16.5 Å². The van der Waals surface area contributed by atoms with Crippen LogP contribution in [0.15, 0.2) is 58.4 Å². The van der Waals surface area contributed by atoms with Crippen LogP contribution in [-0.2, 0) is 6.42 Å². The van der Waals surface area contributed by atoms with E-state index in [0.717, 1.165) is 29.9 Å². The number of amidine groups is 1. The second kappa shape index (κ2) is 8.32. The van der Waals surface area contributed by atoms with Crippen molar-refractivity contribution in [2.45, 2.75) is 52.1 Å². The zero-order valence-corrected chi connectivity index (χ0v) is 16.8. The van der Waals surface area contributed by atoms with Crippen molar-refractivity contribution in [3.8, 4) is 0 Å². The molecule has 3 rings (SSSR count). The van der Waals surface area contributed by atoms with Crippen LogP contribution in [0, 0.1) is 0 Å². The highest BCUT2D eigenvalue weighted by Crippen LogP contribution is 2.30. The average molecular weight is 390 g/mol. The first kappa shape index (κ1) is 19.1. The molecule has 0 saturated carbocycles. The van der Waals surface area contributed by atoms with Crippen LogP contribution in [0.1, 0.15) is 45.1 Å².